The van der Waals surface area contributed by atoms with Crippen molar-refractivity contribution in [2.45, 2.75) is 38.4 Å². The maximum atomic E-state index is 13.4. The molecule has 0 atom stereocenters. The van der Waals surface area contributed by atoms with Crippen LogP contribution in [0, 0.1) is 0 Å². The summed E-state index contributed by atoms with van der Waals surface area (Å²) in [5.74, 6) is 0.0129. The summed E-state index contributed by atoms with van der Waals surface area (Å²) in [4.78, 5) is 30.1. The van der Waals surface area contributed by atoms with Gasteiger partial charge in [0.1, 0.15) is 6.54 Å². The second-order valence-electron chi connectivity index (χ2n) is 8.26. The average Bonchev–Trinajstić information content (AvgIpc) is 3.55. The lowest BCUT2D eigenvalue weighted by molar-refractivity contribution is -0.141. The molecule has 160 valence electrons. The normalized spacial score (nSPS) is 13.1. The van der Waals surface area contributed by atoms with E-state index in [9.17, 15) is 9.59 Å². The molecular weight excluding hydrogens is 386 g/mol. The minimum absolute atomic E-state index is 0.0154. The van der Waals surface area contributed by atoms with Crippen molar-refractivity contribution in [1.82, 2.24) is 14.4 Å². The van der Waals surface area contributed by atoms with Crippen molar-refractivity contribution in [1.29, 1.82) is 0 Å². The number of aromatic nitrogens is 1. The third-order valence-electron chi connectivity index (χ3n) is 5.78. The lowest BCUT2D eigenvalue weighted by atomic mass is 10.1. The Morgan fingerprint density at radius 2 is 1.48 bits per heavy atom. The van der Waals surface area contributed by atoms with E-state index >= 15 is 0 Å². The highest BCUT2D eigenvalue weighted by Crippen LogP contribution is 2.28. The van der Waals surface area contributed by atoms with Gasteiger partial charge in [-0.1, -0.05) is 60.7 Å². The van der Waals surface area contributed by atoms with Crippen LogP contribution in [-0.2, 0) is 36.1 Å². The fraction of sp³-hybridized carbons (Fsp3) is 0.308. The largest absolute Gasteiger partial charge is 0.353 e. The van der Waals surface area contributed by atoms with E-state index in [1.807, 2.05) is 95.5 Å². The van der Waals surface area contributed by atoms with Crippen molar-refractivity contribution in [3.05, 3.63) is 95.8 Å². The van der Waals surface area contributed by atoms with E-state index in [2.05, 4.69) is 0 Å². The molecule has 1 fully saturated rings. The van der Waals surface area contributed by atoms with Crippen molar-refractivity contribution in [3.63, 3.8) is 0 Å². The van der Waals surface area contributed by atoms with E-state index in [-0.39, 0.29) is 24.4 Å². The molecule has 2 amide bonds. The Balaban J connectivity index is 1.49. The molecule has 31 heavy (non-hydrogen) atoms. The lowest BCUT2D eigenvalue weighted by Gasteiger charge is -2.28. The second-order valence-corrected chi connectivity index (χ2v) is 8.26. The molecule has 3 aromatic rings. The van der Waals surface area contributed by atoms with Crippen LogP contribution in [0.5, 0.6) is 0 Å². The molecular formula is C26H29N3O2. The third-order valence-corrected chi connectivity index (χ3v) is 5.78. The number of hydrogen-bond donors (Lipinski definition) is 0. The van der Waals surface area contributed by atoms with Gasteiger partial charge in [0, 0.05) is 31.5 Å². The van der Waals surface area contributed by atoms with Gasteiger partial charge in [0.15, 0.2) is 0 Å². The number of rotatable bonds is 9. The van der Waals surface area contributed by atoms with Gasteiger partial charge in [-0.15, -0.1) is 0 Å². The van der Waals surface area contributed by atoms with E-state index in [1.165, 1.54) is 0 Å². The van der Waals surface area contributed by atoms with Crippen molar-refractivity contribution in [3.8, 4) is 0 Å². The number of carbonyl (C=O) groups is 2. The minimum Gasteiger partial charge on any atom is -0.353 e. The monoisotopic (exact) mass is 415 g/mol. The SMILES string of the molecule is Cn1cccc1CN(Cc1ccccc1)C(=O)CN(C(=O)Cc1ccccc1)C1CC1. The summed E-state index contributed by atoms with van der Waals surface area (Å²) in [6.45, 7) is 1.17. The number of carbonyl (C=O) groups excluding carboxylic acids is 2. The Kier molecular flexibility index (Phi) is 6.51. The quantitative estimate of drug-likeness (QED) is 0.534. The van der Waals surface area contributed by atoms with Gasteiger partial charge >= 0.3 is 0 Å². The maximum absolute atomic E-state index is 13.4. The Morgan fingerprint density at radius 3 is 2.06 bits per heavy atom. The molecule has 1 aliphatic rings. The van der Waals surface area contributed by atoms with Crippen molar-refractivity contribution >= 4 is 11.8 Å². The first kappa shape index (κ1) is 20.9. The van der Waals surface area contributed by atoms with E-state index in [1.54, 1.807) is 4.90 Å². The molecule has 1 heterocycles. The van der Waals surface area contributed by atoms with E-state index in [0.717, 1.165) is 29.7 Å². The first-order valence-corrected chi connectivity index (χ1v) is 10.9. The first-order valence-electron chi connectivity index (χ1n) is 10.9. The predicted molar refractivity (Wildman–Crippen MR) is 121 cm³/mol. The summed E-state index contributed by atoms with van der Waals surface area (Å²) in [7, 11) is 1.99. The topological polar surface area (TPSA) is 45.6 Å². The molecule has 1 saturated carbocycles. The highest BCUT2D eigenvalue weighted by Gasteiger charge is 2.34. The van der Waals surface area contributed by atoms with Gasteiger partial charge in [-0.05, 0) is 36.1 Å². The first-order chi connectivity index (χ1) is 15.1. The van der Waals surface area contributed by atoms with E-state index in [4.69, 9.17) is 0 Å². The molecule has 0 N–H and O–H groups in total. The number of hydrogen-bond acceptors (Lipinski definition) is 2. The highest BCUT2D eigenvalue weighted by atomic mass is 16.2. The molecule has 2 aromatic carbocycles. The predicted octanol–water partition coefficient (Wildman–Crippen LogP) is 3.79. The molecule has 0 bridgehead atoms. The average molecular weight is 416 g/mol. The fourth-order valence-electron chi connectivity index (χ4n) is 3.82. The van der Waals surface area contributed by atoms with Crippen molar-refractivity contribution < 1.29 is 9.59 Å². The van der Waals surface area contributed by atoms with Crippen LogP contribution in [0.3, 0.4) is 0 Å². The van der Waals surface area contributed by atoms with Crippen LogP contribution < -0.4 is 0 Å². The van der Waals surface area contributed by atoms with Crippen LogP contribution in [0.1, 0.15) is 29.7 Å². The molecule has 1 aromatic heterocycles. The van der Waals surface area contributed by atoms with Gasteiger partial charge in [0.25, 0.3) is 0 Å². The number of aryl methyl sites for hydroxylation is 1. The van der Waals surface area contributed by atoms with Crippen molar-refractivity contribution in [2.75, 3.05) is 6.54 Å². The van der Waals surface area contributed by atoms with Crippen LogP contribution in [0.15, 0.2) is 79.0 Å². The summed E-state index contributed by atoms with van der Waals surface area (Å²) >= 11 is 0. The zero-order valence-corrected chi connectivity index (χ0v) is 18.0. The summed E-state index contributed by atoms with van der Waals surface area (Å²) in [5.41, 5.74) is 3.13. The molecule has 5 heteroatoms. The Hall–Kier alpha value is -3.34. The summed E-state index contributed by atoms with van der Waals surface area (Å²) in [6, 6.07) is 24.0. The Morgan fingerprint density at radius 1 is 0.839 bits per heavy atom. The lowest BCUT2D eigenvalue weighted by Crippen LogP contribution is -2.44. The van der Waals surface area contributed by atoms with E-state index in [0.29, 0.717) is 19.5 Å². The van der Waals surface area contributed by atoms with Crippen LogP contribution >= 0.6 is 0 Å². The highest BCUT2D eigenvalue weighted by molar-refractivity contribution is 5.86. The molecule has 4 rings (SSSR count). The molecule has 0 spiro atoms. The zero-order valence-electron chi connectivity index (χ0n) is 18.0. The molecule has 0 radical (unpaired) electrons. The number of benzene rings is 2. The molecule has 0 saturated heterocycles. The van der Waals surface area contributed by atoms with Gasteiger partial charge in [0.2, 0.25) is 11.8 Å². The standard InChI is InChI=1S/C26H29N3O2/c1-27-16-8-13-24(27)19-28(18-22-11-6-3-7-12-22)26(31)20-29(23-14-15-23)25(30)17-21-9-4-2-5-10-21/h2-13,16,23H,14-15,17-20H2,1H3. The van der Waals surface area contributed by atoms with Crippen molar-refractivity contribution in [2.24, 2.45) is 7.05 Å². The summed E-state index contributed by atoms with van der Waals surface area (Å²) in [6.07, 6.45) is 4.27. The minimum atomic E-state index is -0.0154. The summed E-state index contributed by atoms with van der Waals surface area (Å²) < 4.78 is 2.03. The van der Waals surface area contributed by atoms with Gasteiger partial charge in [-0.25, -0.2) is 0 Å². The zero-order chi connectivity index (χ0) is 21.6. The smallest absolute Gasteiger partial charge is 0.242 e. The number of nitrogens with zero attached hydrogens (tertiary/aromatic N) is 3. The molecule has 0 aliphatic heterocycles. The van der Waals surface area contributed by atoms with Gasteiger partial charge in [-0.3, -0.25) is 9.59 Å². The molecule has 1 aliphatic carbocycles. The maximum Gasteiger partial charge on any atom is 0.242 e. The third kappa shape index (κ3) is 5.63. The van der Waals surface area contributed by atoms with Crippen LogP contribution in [0.25, 0.3) is 0 Å². The van der Waals surface area contributed by atoms with Crippen LogP contribution in [0.2, 0.25) is 0 Å². The van der Waals surface area contributed by atoms with Crippen LogP contribution in [0.4, 0.5) is 0 Å². The molecule has 5 nitrogen and oxygen atoms in total. The second kappa shape index (κ2) is 9.65. The van der Waals surface area contributed by atoms with E-state index < -0.39 is 0 Å². The number of amides is 2. The van der Waals surface area contributed by atoms with Gasteiger partial charge < -0.3 is 14.4 Å². The Labute approximate surface area is 183 Å². The Bertz CT molecular complexity index is 1010. The summed E-state index contributed by atoms with van der Waals surface area (Å²) in [5, 5.41) is 0. The van der Waals surface area contributed by atoms with Gasteiger partial charge in [-0.2, -0.15) is 0 Å². The van der Waals surface area contributed by atoms with Gasteiger partial charge in [0.05, 0.1) is 13.0 Å². The molecule has 0 unspecified atom stereocenters. The fourth-order valence-corrected chi connectivity index (χ4v) is 3.82. The van der Waals surface area contributed by atoms with Crippen LogP contribution in [-0.4, -0.2) is 38.8 Å².